The highest BCUT2D eigenvalue weighted by Gasteiger charge is 2.22. The third kappa shape index (κ3) is 3.07. The zero-order chi connectivity index (χ0) is 17.4. The van der Waals surface area contributed by atoms with Crippen LogP contribution in [0.3, 0.4) is 0 Å². The van der Waals surface area contributed by atoms with Gasteiger partial charge in [-0.05, 0) is 73.9 Å². The fraction of sp³-hybridized carbons (Fsp3) is 0.381. The topological polar surface area (TPSA) is 38.0 Å². The summed E-state index contributed by atoms with van der Waals surface area (Å²) in [6.07, 6.45) is 4.52. The van der Waals surface area contributed by atoms with Gasteiger partial charge in [-0.15, -0.1) is 0 Å². The summed E-state index contributed by atoms with van der Waals surface area (Å²) in [5, 5.41) is 15.7. The summed E-state index contributed by atoms with van der Waals surface area (Å²) in [5.74, 6) is 0.256. The van der Waals surface area contributed by atoms with Crippen LogP contribution in [0.2, 0.25) is 0 Å². The second kappa shape index (κ2) is 6.60. The van der Waals surface area contributed by atoms with E-state index >= 15 is 0 Å². The van der Waals surface area contributed by atoms with Crippen LogP contribution in [0.25, 0.3) is 16.6 Å². The number of aromatic nitrogens is 2. The van der Waals surface area contributed by atoms with Crippen LogP contribution in [0.4, 0.5) is 4.39 Å². The molecule has 1 saturated carbocycles. The summed E-state index contributed by atoms with van der Waals surface area (Å²) in [4.78, 5) is 0. The molecule has 1 heterocycles. The maximum Gasteiger partial charge on any atom is 0.123 e. The van der Waals surface area contributed by atoms with E-state index in [1.807, 2.05) is 4.68 Å². The SMILES string of the molecule is CCc1nn(-c2ccc(F)cc2)c2cc(C3CCC(O)CC3)ccc12. The van der Waals surface area contributed by atoms with Gasteiger partial charge >= 0.3 is 0 Å². The molecule has 4 heteroatoms. The first-order valence-electron chi connectivity index (χ1n) is 9.11. The second-order valence-corrected chi connectivity index (χ2v) is 6.97. The van der Waals surface area contributed by atoms with Gasteiger partial charge in [0.05, 0.1) is 23.0 Å². The maximum atomic E-state index is 13.3. The molecule has 130 valence electrons. The predicted octanol–water partition coefficient (Wildman–Crippen LogP) is 4.75. The first kappa shape index (κ1) is 16.3. The average molecular weight is 338 g/mol. The van der Waals surface area contributed by atoms with Crippen LogP contribution in [-0.2, 0) is 6.42 Å². The van der Waals surface area contributed by atoms with Gasteiger partial charge in [0.25, 0.3) is 0 Å². The summed E-state index contributed by atoms with van der Waals surface area (Å²) >= 11 is 0. The van der Waals surface area contributed by atoms with Crippen LogP contribution in [0.15, 0.2) is 42.5 Å². The van der Waals surface area contributed by atoms with Gasteiger partial charge in [-0.2, -0.15) is 5.10 Å². The number of rotatable bonds is 3. The quantitative estimate of drug-likeness (QED) is 0.749. The number of hydrogen-bond donors (Lipinski definition) is 1. The number of halogens is 1. The summed E-state index contributed by atoms with van der Waals surface area (Å²) < 4.78 is 15.2. The van der Waals surface area contributed by atoms with Crippen molar-refractivity contribution in [3.63, 3.8) is 0 Å². The van der Waals surface area contributed by atoms with Crippen molar-refractivity contribution in [2.24, 2.45) is 0 Å². The molecule has 0 saturated heterocycles. The lowest BCUT2D eigenvalue weighted by Crippen LogP contribution is -2.16. The molecule has 3 aromatic rings. The Kier molecular flexibility index (Phi) is 4.30. The third-order valence-electron chi connectivity index (χ3n) is 5.36. The standard InChI is InChI=1S/C21H23FN2O/c1-2-20-19-12-5-15(14-3-10-18(25)11-4-14)13-21(19)24(23-20)17-8-6-16(22)7-9-17/h5-9,12-14,18,25H,2-4,10-11H2,1H3. The highest BCUT2D eigenvalue weighted by molar-refractivity contribution is 5.84. The lowest BCUT2D eigenvalue weighted by molar-refractivity contribution is 0.122. The van der Waals surface area contributed by atoms with Gasteiger partial charge in [-0.25, -0.2) is 9.07 Å². The zero-order valence-corrected chi connectivity index (χ0v) is 14.5. The molecule has 1 fully saturated rings. The van der Waals surface area contributed by atoms with Crippen molar-refractivity contribution in [2.75, 3.05) is 0 Å². The fourth-order valence-electron chi connectivity index (χ4n) is 3.90. The molecule has 1 aliphatic carbocycles. The Bertz CT molecular complexity index is 877. The second-order valence-electron chi connectivity index (χ2n) is 6.97. The molecule has 4 rings (SSSR count). The fourth-order valence-corrected chi connectivity index (χ4v) is 3.90. The van der Waals surface area contributed by atoms with Crippen LogP contribution in [0.5, 0.6) is 0 Å². The van der Waals surface area contributed by atoms with Crippen molar-refractivity contribution >= 4 is 10.9 Å². The molecule has 1 aromatic heterocycles. The molecule has 0 spiro atoms. The molecule has 0 radical (unpaired) electrons. The van der Waals surface area contributed by atoms with Gasteiger partial charge < -0.3 is 5.11 Å². The lowest BCUT2D eigenvalue weighted by Gasteiger charge is -2.25. The number of aliphatic hydroxyl groups is 1. The first-order chi connectivity index (χ1) is 12.2. The van der Waals surface area contributed by atoms with E-state index in [-0.39, 0.29) is 11.9 Å². The molecule has 1 aliphatic rings. The minimum Gasteiger partial charge on any atom is -0.393 e. The first-order valence-corrected chi connectivity index (χ1v) is 9.11. The van der Waals surface area contributed by atoms with E-state index in [9.17, 15) is 9.50 Å². The minimum atomic E-state index is -0.239. The van der Waals surface area contributed by atoms with Crippen molar-refractivity contribution in [1.29, 1.82) is 0 Å². The molecule has 1 N–H and O–H groups in total. The van der Waals surface area contributed by atoms with Crippen molar-refractivity contribution in [3.8, 4) is 5.69 Å². The Morgan fingerprint density at radius 2 is 1.80 bits per heavy atom. The molecule has 0 amide bonds. The normalized spacial score (nSPS) is 20.9. The number of benzene rings is 2. The highest BCUT2D eigenvalue weighted by Crippen LogP contribution is 2.35. The monoisotopic (exact) mass is 338 g/mol. The smallest absolute Gasteiger partial charge is 0.123 e. The Morgan fingerprint density at radius 1 is 1.08 bits per heavy atom. The van der Waals surface area contributed by atoms with Crippen molar-refractivity contribution < 1.29 is 9.50 Å². The van der Waals surface area contributed by atoms with Crippen LogP contribution >= 0.6 is 0 Å². The van der Waals surface area contributed by atoms with Gasteiger partial charge in [-0.1, -0.05) is 19.1 Å². The van der Waals surface area contributed by atoms with Crippen molar-refractivity contribution in [1.82, 2.24) is 9.78 Å². The largest absolute Gasteiger partial charge is 0.393 e. The van der Waals surface area contributed by atoms with Crippen molar-refractivity contribution in [2.45, 2.75) is 51.0 Å². The van der Waals surface area contributed by atoms with Gasteiger partial charge in [0.15, 0.2) is 0 Å². The van der Waals surface area contributed by atoms with E-state index in [0.29, 0.717) is 5.92 Å². The summed E-state index contributed by atoms with van der Waals surface area (Å²) in [6, 6.07) is 13.1. The van der Waals surface area contributed by atoms with Gasteiger partial charge in [0.2, 0.25) is 0 Å². The molecule has 0 bridgehead atoms. The number of aliphatic hydroxyl groups excluding tert-OH is 1. The molecule has 25 heavy (non-hydrogen) atoms. The number of aryl methyl sites for hydroxylation is 1. The van der Waals surface area contributed by atoms with Gasteiger partial charge in [0, 0.05) is 5.39 Å². The van der Waals surface area contributed by atoms with E-state index in [0.717, 1.165) is 54.4 Å². The van der Waals surface area contributed by atoms with Crippen LogP contribution in [-0.4, -0.2) is 21.0 Å². The molecule has 0 unspecified atom stereocenters. The van der Waals surface area contributed by atoms with E-state index < -0.39 is 0 Å². The Balaban J connectivity index is 1.79. The van der Waals surface area contributed by atoms with Gasteiger partial charge in [-0.3, -0.25) is 0 Å². The molecule has 2 aromatic carbocycles. The maximum absolute atomic E-state index is 13.3. The zero-order valence-electron chi connectivity index (χ0n) is 14.5. The highest BCUT2D eigenvalue weighted by atomic mass is 19.1. The van der Waals surface area contributed by atoms with Crippen molar-refractivity contribution in [3.05, 3.63) is 59.5 Å². The lowest BCUT2D eigenvalue weighted by atomic mass is 9.82. The van der Waals surface area contributed by atoms with Crippen LogP contribution in [0.1, 0.15) is 49.8 Å². The third-order valence-corrected chi connectivity index (χ3v) is 5.36. The van der Waals surface area contributed by atoms with Gasteiger partial charge in [0.1, 0.15) is 5.82 Å². The summed E-state index contributed by atoms with van der Waals surface area (Å²) in [5.41, 5.74) is 4.32. The number of hydrogen-bond acceptors (Lipinski definition) is 2. The molecular weight excluding hydrogens is 315 g/mol. The molecular formula is C21H23FN2O. The molecule has 0 atom stereocenters. The van der Waals surface area contributed by atoms with Crippen LogP contribution in [0, 0.1) is 5.82 Å². The Hall–Kier alpha value is -2.20. The predicted molar refractivity (Wildman–Crippen MR) is 97.6 cm³/mol. The van der Waals surface area contributed by atoms with E-state index in [4.69, 9.17) is 5.10 Å². The minimum absolute atomic E-state index is 0.142. The van der Waals surface area contributed by atoms with E-state index in [2.05, 4.69) is 25.1 Å². The van der Waals surface area contributed by atoms with E-state index in [1.54, 1.807) is 12.1 Å². The number of fused-ring (bicyclic) bond motifs is 1. The average Bonchev–Trinajstić information content (AvgIpc) is 3.01. The molecule has 3 nitrogen and oxygen atoms in total. The summed E-state index contributed by atoms with van der Waals surface area (Å²) in [7, 11) is 0. The Morgan fingerprint density at radius 3 is 2.48 bits per heavy atom. The van der Waals surface area contributed by atoms with E-state index in [1.165, 1.54) is 17.7 Å². The summed E-state index contributed by atoms with van der Waals surface area (Å²) in [6.45, 7) is 2.10. The Labute approximate surface area is 147 Å². The molecule has 0 aliphatic heterocycles. The number of nitrogens with zero attached hydrogens (tertiary/aromatic N) is 2. The van der Waals surface area contributed by atoms with Crippen LogP contribution < -0.4 is 0 Å².